The van der Waals surface area contributed by atoms with E-state index in [1.807, 2.05) is 0 Å². The van der Waals surface area contributed by atoms with E-state index < -0.39 is 0 Å². The minimum Gasteiger partial charge on any atom is -0.491 e. The Bertz CT molecular complexity index is 632. The van der Waals surface area contributed by atoms with E-state index in [1.165, 1.54) is 16.7 Å². The van der Waals surface area contributed by atoms with Gasteiger partial charge < -0.3 is 14.6 Å². The smallest absolute Gasteiger partial charge is 0.127 e. The molecule has 0 unspecified atom stereocenters. The quantitative estimate of drug-likeness (QED) is 0.702. The first-order chi connectivity index (χ1) is 11.7. The van der Waals surface area contributed by atoms with Gasteiger partial charge in [0.15, 0.2) is 0 Å². The van der Waals surface area contributed by atoms with E-state index in [0.29, 0.717) is 13.2 Å². The summed E-state index contributed by atoms with van der Waals surface area (Å²) in [4.78, 5) is 0. The SMILES string of the molecule is CCc1cc(-c2ccc(C)cc2)c(OCCOC)cc1CCCO. The Morgan fingerprint density at radius 3 is 2.38 bits per heavy atom. The minimum absolute atomic E-state index is 0.211. The molecule has 0 spiro atoms. The molecule has 0 aliphatic rings. The molecular weight excluding hydrogens is 300 g/mol. The fourth-order valence-corrected chi connectivity index (χ4v) is 2.81. The molecule has 0 atom stereocenters. The summed E-state index contributed by atoms with van der Waals surface area (Å²) in [5.41, 5.74) is 6.11. The highest BCUT2D eigenvalue weighted by Gasteiger charge is 2.12. The van der Waals surface area contributed by atoms with Gasteiger partial charge in [-0.2, -0.15) is 0 Å². The third kappa shape index (κ3) is 4.83. The molecule has 130 valence electrons. The van der Waals surface area contributed by atoms with Crippen molar-refractivity contribution in [3.05, 3.63) is 53.1 Å². The maximum atomic E-state index is 9.14. The maximum absolute atomic E-state index is 9.14. The van der Waals surface area contributed by atoms with Gasteiger partial charge in [-0.3, -0.25) is 0 Å². The molecule has 0 fully saturated rings. The molecule has 0 radical (unpaired) electrons. The van der Waals surface area contributed by atoms with Gasteiger partial charge in [0.1, 0.15) is 12.4 Å². The Hall–Kier alpha value is -1.84. The lowest BCUT2D eigenvalue weighted by molar-refractivity contribution is 0.146. The summed E-state index contributed by atoms with van der Waals surface area (Å²) < 4.78 is 11.1. The molecular formula is C21H28O3. The van der Waals surface area contributed by atoms with Gasteiger partial charge in [-0.1, -0.05) is 36.8 Å². The van der Waals surface area contributed by atoms with Gasteiger partial charge in [0.05, 0.1) is 6.61 Å². The van der Waals surface area contributed by atoms with Crippen LogP contribution < -0.4 is 4.74 Å². The Balaban J connectivity index is 2.42. The van der Waals surface area contributed by atoms with E-state index in [1.54, 1.807) is 7.11 Å². The number of aryl methyl sites for hydroxylation is 3. The number of rotatable bonds is 9. The second-order valence-corrected chi connectivity index (χ2v) is 6.01. The third-order valence-corrected chi connectivity index (χ3v) is 4.19. The van der Waals surface area contributed by atoms with Crippen LogP contribution in [0.4, 0.5) is 0 Å². The number of methoxy groups -OCH3 is 1. The van der Waals surface area contributed by atoms with E-state index >= 15 is 0 Å². The molecule has 2 rings (SSSR count). The molecule has 0 bridgehead atoms. The van der Waals surface area contributed by atoms with Crippen molar-refractivity contribution in [1.82, 2.24) is 0 Å². The number of aliphatic hydroxyl groups is 1. The van der Waals surface area contributed by atoms with Gasteiger partial charge >= 0.3 is 0 Å². The Labute approximate surface area is 145 Å². The average Bonchev–Trinajstić information content (AvgIpc) is 2.61. The molecule has 1 N–H and O–H groups in total. The van der Waals surface area contributed by atoms with Crippen LogP contribution in [0.5, 0.6) is 5.75 Å². The number of aliphatic hydroxyl groups excluding tert-OH is 1. The lowest BCUT2D eigenvalue weighted by Gasteiger charge is -2.17. The molecule has 0 aliphatic carbocycles. The molecule has 0 aromatic heterocycles. The molecule has 2 aromatic carbocycles. The third-order valence-electron chi connectivity index (χ3n) is 4.19. The van der Waals surface area contributed by atoms with Crippen LogP contribution in [-0.4, -0.2) is 32.0 Å². The van der Waals surface area contributed by atoms with Crippen molar-refractivity contribution in [2.24, 2.45) is 0 Å². The summed E-state index contributed by atoms with van der Waals surface area (Å²) in [5, 5.41) is 9.14. The molecule has 0 saturated heterocycles. The first-order valence-corrected chi connectivity index (χ1v) is 8.65. The van der Waals surface area contributed by atoms with E-state index in [2.05, 4.69) is 50.2 Å². The fraction of sp³-hybridized carbons (Fsp3) is 0.429. The predicted octanol–water partition coefficient (Wildman–Crippen LogP) is 4.17. The summed E-state index contributed by atoms with van der Waals surface area (Å²) in [5.74, 6) is 0.890. The largest absolute Gasteiger partial charge is 0.491 e. The van der Waals surface area contributed by atoms with E-state index in [0.717, 1.165) is 36.1 Å². The van der Waals surface area contributed by atoms with Gasteiger partial charge in [0.2, 0.25) is 0 Å². The summed E-state index contributed by atoms with van der Waals surface area (Å²) in [6, 6.07) is 12.9. The van der Waals surface area contributed by atoms with Crippen molar-refractivity contribution in [2.75, 3.05) is 26.9 Å². The van der Waals surface area contributed by atoms with Crippen molar-refractivity contribution < 1.29 is 14.6 Å². The normalized spacial score (nSPS) is 10.8. The van der Waals surface area contributed by atoms with Gasteiger partial charge in [-0.15, -0.1) is 0 Å². The second kappa shape index (κ2) is 9.45. The van der Waals surface area contributed by atoms with Crippen LogP contribution in [0.25, 0.3) is 11.1 Å². The summed E-state index contributed by atoms with van der Waals surface area (Å²) >= 11 is 0. The zero-order valence-electron chi connectivity index (χ0n) is 15.0. The topological polar surface area (TPSA) is 38.7 Å². The van der Waals surface area contributed by atoms with Gasteiger partial charge in [-0.25, -0.2) is 0 Å². The first-order valence-electron chi connectivity index (χ1n) is 8.65. The van der Waals surface area contributed by atoms with Crippen LogP contribution >= 0.6 is 0 Å². The Morgan fingerprint density at radius 2 is 1.75 bits per heavy atom. The van der Waals surface area contributed by atoms with Crippen LogP contribution in [0, 0.1) is 6.92 Å². The zero-order valence-corrected chi connectivity index (χ0v) is 15.0. The lowest BCUT2D eigenvalue weighted by atomic mass is 9.94. The molecule has 0 aliphatic heterocycles. The summed E-state index contributed by atoms with van der Waals surface area (Å²) in [6.07, 6.45) is 2.61. The predicted molar refractivity (Wildman–Crippen MR) is 98.8 cm³/mol. The summed E-state index contributed by atoms with van der Waals surface area (Å²) in [6.45, 7) is 5.56. The van der Waals surface area contributed by atoms with Crippen molar-refractivity contribution in [3.8, 4) is 16.9 Å². The van der Waals surface area contributed by atoms with E-state index in [4.69, 9.17) is 14.6 Å². The highest BCUT2D eigenvalue weighted by molar-refractivity contribution is 5.72. The fourth-order valence-electron chi connectivity index (χ4n) is 2.81. The molecule has 3 heteroatoms. The van der Waals surface area contributed by atoms with Crippen LogP contribution in [-0.2, 0) is 17.6 Å². The number of ether oxygens (including phenoxy) is 2. The van der Waals surface area contributed by atoms with E-state index in [-0.39, 0.29) is 6.61 Å². The van der Waals surface area contributed by atoms with Gasteiger partial charge in [-0.05, 0) is 55.0 Å². The van der Waals surface area contributed by atoms with Gasteiger partial charge in [0, 0.05) is 19.3 Å². The Morgan fingerprint density at radius 1 is 1.00 bits per heavy atom. The van der Waals surface area contributed by atoms with Crippen LogP contribution in [0.1, 0.15) is 30.0 Å². The highest BCUT2D eigenvalue weighted by Crippen LogP contribution is 2.34. The standard InChI is InChI=1S/C21H28O3/c1-4-17-14-20(18-9-7-16(2)8-10-18)21(24-13-12-23-3)15-19(17)6-5-11-22/h7-10,14-15,22H,4-6,11-13H2,1-3H3. The second-order valence-electron chi connectivity index (χ2n) is 6.01. The van der Waals surface area contributed by atoms with E-state index in [9.17, 15) is 0 Å². The van der Waals surface area contributed by atoms with Crippen molar-refractivity contribution in [1.29, 1.82) is 0 Å². The van der Waals surface area contributed by atoms with Gasteiger partial charge in [0.25, 0.3) is 0 Å². The molecule has 0 heterocycles. The van der Waals surface area contributed by atoms with Crippen molar-refractivity contribution >= 4 is 0 Å². The highest BCUT2D eigenvalue weighted by atomic mass is 16.5. The molecule has 3 nitrogen and oxygen atoms in total. The first kappa shape index (κ1) is 18.5. The molecule has 0 amide bonds. The number of benzene rings is 2. The molecule has 0 saturated carbocycles. The monoisotopic (exact) mass is 328 g/mol. The van der Waals surface area contributed by atoms with Crippen LogP contribution in [0.2, 0.25) is 0 Å². The number of hydrogen-bond donors (Lipinski definition) is 1. The Kier molecular flexibility index (Phi) is 7.29. The molecule has 24 heavy (non-hydrogen) atoms. The minimum atomic E-state index is 0.211. The van der Waals surface area contributed by atoms with Crippen molar-refractivity contribution in [2.45, 2.75) is 33.1 Å². The number of hydrogen-bond acceptors (Lipinski definition) is 3. The van der Waals surface area contributed by atoms with Crippen molar-refractivity contribution in [3.63, 3.8) is 0 Å². The average molecular weight is 328 g/mol. The molecule has 2 aromatic rings. The maximum Gasteiger partial charge on any atom is 0.127 e. The summed E-state index contributed by atoms with van der Waals surface area (Å²) in [7, 11) is 1.68. The zero-order chi connectivity index (χ0) is 17.4. The van der Waals surface area contributed by atoms with Crippen LogP contribution in [0.15, 0.2) is 36.4 Å². The lowest BCUT2D eigenvalue weighted by Crippen LogP contribution is -2.07. The van der Waals surface area contributed by atoms with Crippen LogP contribution in [0.3, 0.4) is 0 Å².